The molecular formula is C8H8ClNO. The molecule has 0 fully saturated rings. The Balaban J connectivity index is 2.36. The molecule has 1 aliphatic carbocycles. The van der Waals surface area contributed by atoms with Crippen molar-refractivity contribution in [2.75, 3.05) is 6.54 Å². The number of nitrogens with one attached hydrogen (secondary N) is 1. The lowest BCUT2D eigenvalue weighted by Gasteiger charge is -2.08. The van der Waals surface area contributed by atoms with E-state index in [0.717, 1.165) is 18.7 Å². The molecule has 0 amide bonds. The largest absolute Gasteiger partial charge is 0.385 e. The number of carbonyl (C=O) groups is 1. The quantitative estimate of drug-likeness (QED) is 0.593. The second-order valence-corrected chi connectivity index (χ2v) is 3.19. The minimum atomic E-state index is 0.0501. The predicted molar refractivity (Wildman–Crippen MR) is 43.2 cm³/mol. The molecule has 0 unspecified atom stereocenters. The van der Waals surface area contributed by atoms with Crippen LogP contribution in [-0.4, -0.2) is 12.3 Å². The summed E-state index contributed by atoms with van der Waals surface area (Å²) in [5.74, 6) is 0.0501. The first kappa shape index (κ1) is 6.92. The van der Waals surface area contributed by atoms with Crippen LogP contribution in [0.2, 0.25) is 0 Å². The van der Waals surface area contributed by atoms with E-state index in [2.05, 4.69) is 5.32 Å². The Morgan fingerprint density at radius 2 is 2.36 bits per heavy atom. The molecule has 2 aliphatic rings. The van der Waals surface area contributed by atoms with Crippen molar-refractivity contribution in [3.8, 4) is 0 Å². The fourth-order valence-electron chi connectivity index (χ4n) is 1.43. The van der Waals surface area contributed by atoms with E-state index in [4.69, 9.17) is 11.6 Å². The van der Waals surface area contributed by atoms with E-state index in [-0.39, 0.29) is 5.78 Å². The Hall–Kier alpha value is -0.760. The van der Waals surface area contributed by atoms with E-state index in [1.807, 2.05) is 0 Å². The van der Waals surface area contributed by atoms with Gasteiger partial charge < -0.3 is 5.32 Å². The lowest BCUT2D eigenvalue weighted by atomic mass is 10.0. The molecule has 0 aromatic heterocycles. The van der Waals surface area contributed by atoms with Crippen LogP contribution in [0.1, 0.15) is 12.8 Å². The number of halogens is 1. The average molecular weight is 170 g/mol. The van der Waals surface area contributed by atoms with Gasteiger partial charge in [-0.25, -0.2) is 0 Å². The Kier molecular flexibility index (Phi) is 1.50. The van der Waals surface area contributed by atoms with Crippen molar-refractivity contribution in [2.45, 2.75) is 12.8 Å². The van der Waals surface area contributed by atoms with E-state index < -0.39 is 0 Å². The monoisotopic (exact) mass is 169 g/mol. The van der Waals surface area contributed by atoms with Gasteiger partial charge in [-0.1, -0.05) is 11.6 Å². The summed E-state index contributed by atoms with van der Waals surface area (Å²) in [4.78, 5) is 11.1. The molecule has 0 radical (unpaired) electrons. The van der Waals surface area contributed by atoms with Crippen molar-refractivity contribution in [1.29, 1.82) is 0 Å². The molecule has 0 saturated carbocycles. The normalized spacial score (nSPS) is 23.0. The summed E-state index contributed by atoms with van der Waals surface area (Å²) in [6, 6.07) is 0. The van der Waals surface area contributed by atoms with Crippen LogP contribution in [0, 0.1) is 0 Å². The standard InChI is InChI=1S/C8H8ClNO/c9-6-4-7-5(1-2-10-7)3-8(6)11/h4,10H,1-3H2. The van der Waals surface area contributed by atoms with Crippen LogP contribution in [0.4, 0.5) is 0 Å². The van der Waals surface area contributed by atoms with Crippen LogP contribution in [0.25, 0.3) is 0 Å². The molecule has 0 bridgehead atoms. The van der Waals surface area contributed by atoms with E-state index in [1.165, 1.54) is 5.57 Å². The van der Waals surface area contributed by atoms with E-state index in [1.54, 1.807) is 6.08 Å². The summed E-state index contributed by atoms with van der Waals surface area (Å²) in [5, 5.41) is 3.54. The third-order valence-corrected chi connectivity index (χ3v) is 2.35. The third-order valence-electron chi connectivity index (χ3n) is 2.03. The highest BCUT2D eigenvalue weighted by Gasteiger charge is 2.22. The van der Waals surface area contributed by atoms with Crippen LogP contribution < -0.4 is 5.32 Å². The van der Waals surface area contributed by atoms with Gasteiger partial charge in [-0.3, -0.25) is 4.79 Å². The van der Waals surface area contributed by atoms with Crippen LogP contribution in [0.5, 0.6) is 0 Å². The Morgan fingerprint density at radius 1 is 1.55 bits per heavy atom. The Bertz CT molecular complexity index is 278. The second kappa shape index (κ2) is 2.38. The first-order valence-electron chi connectivity index (χ1n) is 3.63. The van der Waals surface area contributed by atoms with E-state index in [0.29, 0.717) is 11.5 Å². The summed E-state index contributed by atoms with van der Waals surface area (Å²) in [6.45, 7) is 0.943. The fourth-order valence-corrected chi connectivity index (χ4v) is 1.61. The van der Waals surface area contributed by atoms with Gasteiger partial charge in [0.25, 0.3) is 0 Å². The first-order chi connectivity index (χ1) is 5.27. The minimum absolute atomic E-state index is 0.0501. The topological polar surface area (TPSA) is 29.1 Å². The van der Waals surface area contributed by atoms with Gasteiger partial charge >= 0.3 is 0 Å². The molecule has 3 heteroatoms. The summed E-state index contributed by atoms with van der Waals surface area (Å²) in [5.41, 5.74) is 2.27. The van der Waals surface area contributed by atoms with Crippen molar-refractivity contribution in [3.05, 3.63) is 22.4 Å². The van der Waals surface area contributed by atoms with Crippen LogP contribution >= 0.6 is 11.6 Å². The number of hydrogen-bond acceptors (Lipinski definition) is 2. The first-order valence-corrected chi connectivity index (χ1v) is 4.01. The maximum absolute atomic E-state index is 11.1. The smallest absolute Gasteiger partial charge is 0.178 e. The number of rotatable bonds is 0. The molecule has 58 valence electrons. The van der Waals surface area contributed by atoms with Gasteiger partial charge in [0.05, 0.1) is 5.03 Å². The van der Waals surface area contributed by atoms with E-state index >= 15 is 0 Å². The highest BCUT2D eigenvalue weighted by molar-refractivity contribution is 6.43. The van der Waals surface area contributed by atoms with Crippen molar-refractivity contribution < 1.29 is 4.79 Å². The molecule has 1 N–H and O–H groups in total. The average Bonchev–Trinajstić information content (AvgIpc) is 2.36. The molecule has 0 aromatic rings. The molecular weight excluding hydrogens is 162 g/mol. The lowest BCUT2D eigenvalue weighted by Crippen LogP contribution is -2.10. The van der Waals surface area contributed by atoms with Crippen LogP contribution in [0.3, 0.4) is 0 Å². The Labute approximate surface area is 69.9 Å². The Morgan fingerprint density at radius 3 is 3.18 bits per heavy atom. The maximum atomic E-state index is 11.1. The summed E-state index contributed by atoms with van der Waals surface area (Å²) in [7, 11) is 0. The van der Waals surface area contributed by atoms with E-state index in [9.17, 15) is 4.79 Å². The number of hydrogen-bond donors (Lipinski definition) is 1. The number of ketones is 1. The van der Waals surface area contributed by atoms with Gasteiger partial charge in [-0.05, 0) is 18.1 Å². The summed E-state index contributed by atoms with van der Waals surface area (Å²) >= 11 is 5.67. The highest BCUT2D eigenvalue weighted by Crippen LogP contribution is 2.27. The molecule has 11 heavy (non-hydrogen) atoms. The molecule has 0 aromatic carbocycles. The summed E-state index contributed by atoms with van der Waals surface area (Å²) in [6.07, 6.45) is 3.23. The predicted octanol–water partition coefficient (Wildman–Crippen LogP) is 1.33. The van der Waals surface area contributed by atoms with Crippen LogP contribution in [0.15, 0.2) is 22.4 Å². The van der Waals surface area contributed by atoms with Gasteiger partial charge in [0.1, 0.15) is 0 Å². The van der Waals surface area contributed by atoms with Crippen molar-refractivity contribution >= 4 is 17.4 Å². The van der Waals surface area contributed by atoms with Gasteiger partial charge in [-0.15, -0.1) is 0 Å². The molecule has 0 saturated heterocycles. The molecule has 0 atom stereocenters. The van der Waals surface area contributed by atoms with Crippen molar-refractivity contribution in [2.24, 2.45) is 0 Å². The van der Waals surface area contributed by atoms with Crippen LogP contribution in [-0.2, 0) is 4.79 Å². The molecule has 1 aliphatic heterocycles. The van der Waals surface area contributed by atoms with Gasteiger partial charge in [0.15, 0.2) is 5.78 Å². The van der Waals surface area contributed by atoms with Crippen molar-refractivity contribution in [1.82, 2.24) is 5.32 Å². The van der Waals surface area contributed by atoms with Gasteiger partial charge in [0, 0.05) is 18.7 Å². The van der Waals surface area contributed by atoms with Crippen molar-refractivity contribution in [3.63, 3.8) is 0 Å². The molecule has 2 nitrogen and oxygen atoms in total. The SMILES string of the molecule is O=C1CC2=C(C=C1Cl)NCC2. The maximum Gasteiger partial charge on any atom is 0.178 e. The van der Waals surface area contributed by atoms with Gasteiger partial charge in [0.2, 0.25) is 0 Å². The molecule has 0 spiro atoms. The number of Topliss-reactive ketones (excluding diaryl/α,β-unsaturated/α-hetero) is 1. The molecule has 1 heterocycles. The second-order valence-electron chi connectivity index (χ2n) is 2.79. The fraction of sp³-hybridized carbons (Fsp3) is 0.375. The third kappa shape index (κ3) is 1.07. The van der Waals surface area contributed by atoms with Gasteiger partial charge in [-0.2, -0.15) is 0 Å². The lowest BCUT2D eigenvalue weighted by molar-refractivity contribution is -0.114. The zero-order valence-corrected chi connectivity index (χ0v) is 6.74. The zero-order valence-electron chi connectivity index (χ0n) is 5.98. The molecule has 2 rings (SSSR count). The number of carbonyl (C=O) groups excluding carboxylic acids is 1. The minimum Gasteiger partial charge on any atom is -0.385 e. The summed E-state index contributed by atoms with van der Waals surface area (Å²) < 4.78 is 0. The highest BCUT2D eigenvalue weighted by atomic mass is 35.5. The number of allylic oxidation sites excluding steroid dienone is 2. The zero-order chi connectivity index (χ0) is 7.84.